The highest BCUT2D eigenvalue weighted by Gasteiger charge is 2.49. The number of aliphatic hydroxyl groups is 2. The van der Waals surface area contributed by atoms with Gasteiger partial charge in [-0.05, 0) is 112 Å². The molecule has 4 fully saturated rings. The fourth-order valence-corrected chi connectivity index (χ4v) is 14.8. The summed E-state index contributed by atoms with van der Waals surface area (Å²) in [6.45, 7) is 2.13. The Balaban J connectivity index is 1.05. The molecule has 0 bridgehead atoms. The lowest BCUT2D eigenvalue weighted by molar-refractivity contribution is -0.155. The van der Waals surface area contributed by atoms with Gasteiger partial charge in [0.05, 0.1) is 24.4 Å². The smallest absolute Gasteiger partial charge is 0.398 e. The Labute approximate surface area is 273 Å². The highest BCUT2D eigenvalue weighted by Crippen LogP contribution is 2.42. The molecule has 5 rings (SSSR count). The quantitative estimate of drug-likeness (QED) is 0.112. The molecule has 1 aromatic carbocycles. The normalized spacial score (nSPS) is 31.4. The third-order valence-electron chi connectivity index (χ3n) is 11.0. The molecular weight excluding hydrogens is 605 g/mol. The van der Waals surface area contributed by atoms with Crippen LogP contribution in [0.2, 0.25) is 18.6 Å². The zero-order valence-corrected chi connectivity index (χ0v) is 30.0. The molecule has 8 atom stereocenters. The average molecular weight is 663 g/mol. The first-order chi connectivity index (χ1) is 21.7. The van der Waals surface area contributed by atoms with Crippen LogP contribution in [0, 0.1) is 11.8 Å². The van der Waals surface area contributed by atoms with E-state index in [-0.39, 0.29) is 0 Å². The van der Waals surface area contributed by atoms with Crippen molar-refractivity contribution in [2.45, 2.75) is 139 Å². The lowest BCUT2D eigenvalue weighted by atomic mass is 9.84. The number of fused-ring (bicyclic) bond motifs is 1. The third-order valence-corrected chi connectivity index (χ3v) is 18.2. The number of hydrogen-bond donors (Lipinski definition) is 2. The third kappa shape index (κ3) is 10.0. The number of hydrogen-bond acceptors (Lipinski definition) is 8. The molecule has 3 aliphatic carbocycles. The van der Waals surface area contributed by atoms with E-state index < -0.39 is 35.9 Å². The van der Waals surface area contributed by atoms with Crippen LogP contribution < -0.4 is 0 Å². The highest BCUT2D eigenvalue weighted by atomic mass is 28.5. The Hall–Kier alpha value is -0.926. The van der Waals surface area contributed by atoms with E-state index in [0.29, 0.717) is 48.8 Å². The molecule has 1 saturated heterocycles. The number of benzene rings is 1. The highest BCUT2D eigenvalue weighted by molar-refractivity contribution is 6.77. The second kappa shape index (κ2) is 16.5. The molecule has 8 unspecified atom stereocenters. The van der Waals surface area contributed by atoms with Crippen LogP contribution in [0.5, 0.6) is 0 Å². The molecule has 2 N–H and O–H groups in total. The summed E-state index contributed by atoms with van der Waals surface area (Å²) in [6, 6.07) is 10.3. The van der Waals surface area contributed by atoms with E-state index in [1.807, 2.05) is 6.08 Å². The summed E-state index contributed by atoms with van der Waals surface area (Å²) in [7, 11) is -0.318. The molecule has 8 nitrogen and oxygen atoms in total. The van der Waals surface area contributed by atoms with Crippen molar-refractivity contribution >= 4 is 23.4 Å². The van der Waals surface area contributed by atoms with Gasteiger partial charge < -0.3 is 37.1 Å². The maximum atomic E-state index is 10.9. The van der Waals surface area contributed by atoms with Crippen molar-refractivity contribution in [1.29, 1.82) is 0 Å². The Morgan fingerprint density at radius 2 is 1.53 bits per heavy atom. The van der Waals surface area contributed by atoms with E-state index in [0.717, 1.165) is 37.3 Å². The molecule has 3 saturated carbocycles. The minimum atomic E-state index is -2.95. The van der Waals surface area contributed by atoms with Crippen molar-refractivity contribution in [2.24, 2.45) is 11.8 Å². The molecule has 4 aliphatic rings. The van der Waals surface area contributed by atoms with Crippen molar-refractivity contribution in [2.75, 3.05) is 21.3 Å². The number of epoxide rings is 1. The summed E-state index contributed by atoms with van der Waals surface area (Å²) in [6.07, 6.45) is 16.8. The van der Waals surface area contributed by atoms with Gasteiger partial charge in [0.2, 0.25) is 0 Å². The van der Waals surface area contributed by atoms with Gasteiger partial charge in [0.1, 0.15) is 0 Å². The molecule has 1 aliphatic heterocycles. The lowest BCUT2D eigenvalue weighted by Crippen LogP contribution is -2.55. The van der Waals surface area contributed by atoms with Crippen LogP contribution in [0.3, 0.4) is 0 Å². The summed E-state index contributed by atoms with van der Waals surface area (Å²) in [5.41, 5.74) is 2.46. The molecule has 1 aromatic rings. The molecule has 0 spiro atoms. The maximum Gasteiger partial charge on any atom is 0.491 e. The molecule has 45 heavy (non-hydrogen) atoms. The van der Waals surface area contributed by atoms with E-state index in [1.54, 1.807) is 27.4 Å². The zero-order chi connectivity index (χ0) is 31.9. The van der Waals surface area contributed by atoms with Crippen LogP contribution in [-0.4, -0.2) is 79.6 Å². The first kappa shape index (κ1) is 35.4. The Kier molecular flexibility index (Phi) is 12.9. The van der Waals surface area contributed by atoms with Crippen molar-refractivity contribution < 1.29 is 37.1 Å². The summed E-state index contributed by atoms with van der Waals surface area (Å²) in [5.74, 6) is 1.66. The van der Waals surface area contributed by atoms with Gasteiger partial charge in [-0.3, -0.25) is 0 Å². The lowest BCUT2D eigenvalue weighted by Gasteiger charge is -2.38. The first-order valence-electron chi connectivity index (χ1n) is 17.5. The monoisotopic (exact) mass is 662 g/mol. The van der Waals surface area contributed by atoms with Gasteiger partial charge in [0, 0.05) is 27.4 Å². The fourth-order valence-electron chi connectivity index (χ4n) is 7.90. The standard InChI is InChI=1S/C35H58O8Si2/c1-38-44(4,22-20-28-13-18-33-34(25-28)41-33)43-45(39-2,40-3)23-21-27-12-17-32(31(36)24-27)42-35(37)19-14-26-10-15-30(16-11-26)29-8-6-5-7-9-29/h10-11,14-16,19,27-29,31-37H,5-9,12-13,17-18,20-25H2,1-4H3/b19-14+. The van der Waals surface area contributed by atoms with Crippen LogP contribution >= 0.6 is 0 Å². The summed E-state index contributed by atoms with van der Waals surface area (Å²) in [5, 5.41) is 21.5. The van der Waals surface area contributed by atoms with Crippen LogP contribution in [0.1, 0.15) is 101 Å². The van der Waals surface area contributed by atoms with Gasteiger partial charge in [-0.25, -0.2) is 0 Å². The molecule has 1 heterocycles. The van der Waals surface area contributed by atoms with Crippen molar-refractivity contribution in [1.82, 2.24) is 0 Å². The number of rotatable bonds is 16. The fraction of sp³-hybridized carbons (Fsp3) is 0.771. The summed E-state index contributed by atoms with van der Waals surface area (Å²) in [4.78, 5) is 0. The first-order valence-corrected chi connectivity index (χ1v) is 22.0. The van der Waals surface area contributed by atoms with Crippen LogP contribution in [0.25, 0.3) is 6.08 Å². The minimum Gasteiger partial charge on any atom is -0.398 e. The van der Waals surface area contributed by atoms with Gasteiger partial charge in [0.15, 0.2) is 6.29 Å². The van der Waals surface area contributed by atoms with Crippen LogP contribution in [0.4, 0.5) is 0 Å². The SMILES string of the molecule is CO[Si](C)(CCC1CCC2OC2C1)O[Si](CCC1CCC(OC(O)/C=C/c2ccc(C3CCCCC3)cc2)C(O)C1)(OC)OC. The summed E-state index contributed by atoms with van der Waals surface area (Å²) < 4.78 is 36.4. The van der Waals surface area contributed by atoms with Crippen molar-refractivity contribution in [3.05, 3.63) is 41.5 Å². The maximum absolute atomic E-state index is 10.9. The number of ether oxygens (including phenoxy) is 2. The minimum absolute atomic E-state index is 0.306. The summed E-state index contributed by atoms with van der Waals surface area (Å²) >= 11 is 0. The van der Waals surface area contributed by atoms with Crippen molar-refractivity contribution in [3.63, 3.8) is 0 Å². The van der Waals surface area contributed by atoms with Crippen LogP contribution in [0.15, 0.2) is 30.3 Å². The van der Waals surface area contributed by atoms with E-state index in [2.05, 4.69) is 30.8 Å². The molecule has 0 radical (unpaired) electrons. The van der Waals surface area contributed by atoms with Gasteiger partial charge in [-0.1, -0.05) is 49.6 Å². The molecule has 0 amide bonds. The predicted octanol–water partition coefficient (Wildman–Crippen LogP) is 6.93. The Bertz CT molecular complexity index is 1060. The average Bonchev–Trinajstić information content (AvgIpc) is 3.86. The second-order valence-electron chi connectivity index (χ2n) is 14.2. The van der Waals surface area contributed by atoms with Crippen LogP contribution in [-0.2, 0) is 26.9 Å². The molecule has 0 aromatic heterocycles. The van der Waals surface area contributed by atoms with Gasteiger partial charge in [-0.15, -0.1) is 0 Å². The van der Waals surface area contributed by atoms with E-state index in [4.69, 9.17) is 26.9 Å². The van der Waals surface area contributed by atoms with E-state index in [1.165, 1.54) is 50.5 Å². The molecular formula is C35H58O8Si2. The second-order valence-corrected chi connectivity index (χ2v) is 20.8. The zero-order valence-electron chi connectivity index (χ0n) is 28.0. The largest absolute Gasteiger partial charge is 0.491 e. The van der Waals surface area contributed by atoms with E-state index in [9.17, 15) is 10.2 Å². The van der Waals surface area contributed by atoms with E-state index >= 15 is 0 Å². The molecule has 254 valence electrons. The molecule has 10 heteroatoms. The number of aliphatic hydroxyl groups excluding tert-OH is 2. The van der Waals surface area contributed by atoms with Crippen molar-refractivity contribution in [3.8, 4) is 0 Å². The van der Waals surface area contributed by atoms with Gasteiger partial charge in [-0.2, -0.15) is 0 Å². The van der Waals surface area contributed by atoms with Gasteiger partial charge in [0.25, 0.3) is 0 Å². The Morgan fingerprint density at radius 1 is 0.844 bits per heavy atom. The topological polar surface area (TPSA) is 99.1 Å². The predicted molar refractivity (Wildman–Crippen MR) is 180 cm³/mol. The Morgan fingerprint density at radius 3 is 2.20 bits per heavy atom. The van der Waals surface area contributed by atoms with Gasteiger partial charge >= 0.3 is 17.4 Å².